The van der Waals surface area contributed by atoms with Gasteiger partial charge in [0.25, 0.3) is 0 Å². The van der Waals surface area contributed by atoms with Gasteiger partial charge in [0, 0.05) is 13.2 Å². The minimum Gasteiger partial charge on any atom is -0.381 e. The van der Waals surface area contributed by atoms with Gasteiger partial charge in [0.2, 0.25) is 0 Å². The second kappa shape index (κ2) is 4.63. The third kappa shape index (κ3) is 2.95. The second-order valence-electron chi connectivity index (χ2n) is 3.69. The fourth-order valence-corrected chi connectivity index (χ4v) is 1.41. The molecule has 1 N–H and O–H groups in total. The van der Waals surface area contributed by atoms with Gasteiger partial charge in [-0.15, -0.1) is 6.58 Å². The van der Waals surface area contributed by atoms with E-state index in [0.29, 0.717) is 12.1 Å². The Morgan fingerprint density at radius 2 is 2.25 bits per heavy atom. The topological polar surface area (TPSA) is 21.3 Å². The molecule has 0 aromatic rings. The van der Waals surface area contributed by atoms with Gasteiger partial charge < -0.3 is 10.1 Å². The van der Waals surface area contributed by atoms with E-state index in [4.69, 9.17) is 4.74 Å². The zero-order valence-electron chi connectivity index (χ0n) is 8.10. The van der Waals surface area contributed by atoms with Crippen LogP contribution in [0.2, 0.25) is 0 Å². The highest BCUT2D eigenvalue weighted by atomic mass is 16.5. The normalized spacial score (nSPS) is 28.2. The van der Waals surface area contributed by atoms with Crippen LogP contribution in [0.15, 0.2) is 12.2 Å². The molecule has 0 bridgehead atoms. The summed E-state index contributed by atoms with van der Waals surface area (Å²) < 4.78 is 5.19. The van der Waals surface area contributed by atoms with Crippen LogP contribution in [0.25, 0.3) is 0 Å². The molecule has 0 unspecified atom stereocenters. The summed E-state index contributed by atoms with van der Waals surface area (Å²) in [7, 11) is 1.79. The maximum Gasteiger partial charge on any atom is 0.0601 e. The molecule has 1 aliphatic rings. The molecule has 2 heteroatoms. The summed E-state index contributed by atoms with van der Waals surface area (Å²) in [6.45, 7) is 7.00. The predicted molar refractivity (Wildman–Crippen MR) is 51.3 cm³/mol. The van der Waals surface area contributed by atoms with Gasteiger partial charge in [0.15, 0.2) is 0 Å². The maximum absolute atomic E-state index is 5.19. The quantitative estimate of drug-likeness (QED) is 0.633. The smallest absolute Gasteiger partial charge is 0.0601 e. The van der Waals surface area contributed by atoms with E-state index in [-0.39, 0.29) is 0 Å². The van der Waals surface area contributed by atoms with E-state index in [1.807, 2.05) is 0 Å². The van der Waals surface area contributed by atoms with E-state index in [1.54, 1.807) is 7.11 Å². The van der Waals surface area contributed by atoms with Gasteiger partial charge in [-0.2, -0.15) is 0 Å². The van der Waals surface area contributed by atoms with E-state index in [1.165, 1.54) is 18.4 Å². The lowest BCUT2D eigenvalue weighted by atomic mass is 9.89. The van der Waals surface area contributed by atoms with Crippen molar-refractivity contribution in [3.05, 3.63) is 12.2 Å². The fourth-order valence-electron chi connectivity index (χ4n) is 1.41. The van der Waals surface area contributed by atoms with Crippen molar-refractivity contribution in [3.63, 3.8) is 0 Å². The maximum atomic E-state index is 5.19. The van der Waals surface area contributed by atoms with Crippen molar-refractivity contribution >= 4 is 0 Å². The van der Waals surface area contributed by atoms with Crippen LogP contribution >= 0.6 is 0 Å². The highest BCUT2D eigenvalue weighted by Gasteiger charge is 2.27. The molecule has 0 aromatic heterocycles. The van der Waals surface area contributed by atoms with Crippen molar-refractivity contribution < 1.29 is 4.74 Å². The van der Waals surface area contributed by atoms with Crippen molar-refractivity contribution in [2.24, 2.45) is 0 Å². The van der Waals surface area contributed by atoms with E-state index in [9.17, 15) is 0 Å². The number of hydrogen-bond acceptors (Lipinski definition) is 2. The summed E-state index contributed by atoms with van der Waals surface area (Å²) >= 11 is 0. The molecule has 0 spiro atoms. The van der Waals surface area contributed by atoms with Gasteiger partial charge in [-0.25, -0.2) is 0 Å². The highest BCUT2D eigenvalue weighted by molar-refractivity contribution is 4.91. The van der Waals surface area contributed by atoms with Crippen molar-refractivity contribution in [1.29, 1.82) is 0 Å². The van der Waals surface area contributed by atoms with Gasteiger partial charge in [-0.1, -0.05) is 5.57 Å². The predicted octanol–water partition coefficient (Wildman–Crippen LogP) is 1.72. The van der Waals surface area contributed by atoms with Crippen LogP contribution in [0.3, 0.4) is 0 Å². The van der Waals surface area contributed by atoms with E-state index >= 15 is 0 Å². The monoisotopic (exact) mass is 169 g/mol. The van der Waals surface area contributed by atoms with Crippen LogP contribution in [0, 0.1) is 0 Å². The van der Waals surface area contributed by atoms with Crippen molar-refractivity contribution in [1.82, 2.24) is 5.32 Å². The van der Waals surface area contributed by atoms with Crippen molar-refractivity contribution in [3.8, 4) is 0 Å². The number of methoxy groups -OCH3 is 1. The lowest BCUT2D eigenvalue weighted by Crippen LogP contribution is -2.45. The van der Waals surface area contributed by atoms with Crippen LogP contribution in [0.4, 0.5) is 0 Å². The molecule has 0 heterocycles. The molecular weight excluding hydrogens is 150 g/mol. The van der Waals surface area contributed by atoms with E-state index in [0.717, 1.165) is 13.0 Å². The van der Waals surface area contributed by atoms with Crippen LogP contribution in [0.1, 0.15) is 26.2 Å². The molecular formula is C10H19NO. The Morgan fingerprint density at radius 3 is 2.75 bits per heavy atom. The molecule has 0 aliphatic heterocycles. The van der Waals surface area contributed by atoms with Crippen LogP contribution < -0.4 is 5.32 Å². The van der Waals surface area contributed by atoms with E-state index < -0.39 is 0 Å². The molecule has 1 rings (SSSR count). The van der Waals surface area contributed by atoms with Crippen LogP contribution in [-0.2, 0) is 4.74 Å². The molecule has 0 atom stereocenters. The van der Waals surface area contributed by atoms with Crippen LogP contribution in [0.5, 0.6) is 0 Å². The van der Waals surface area contributed by atoms with Gasteiger partial charge in [-0.3, -0.25) is 0 Å². The Hall–Kier alpha value is -0.340. The van der Waals surface area contributed by atoms with Crippen molar-refractivity contribution in [2.75, 3.05) is 13.7 Å². The summed E-state index contributed by atoms with van der Waals surface area (Å²) in [6.07, 6.45) is 3.94. The number of nitrogens with one attached hydrogen (secondary N) is 1. The summed E-state index contributed by atoms with van der Waals surface area (Å²) in [5, 5.41) is 3.47. The average molecular weight is 169 g/mol. The third-order valence-electron chi connectivity index (χ3n) is 2.41. The third-order valence-corrected chi connectivity index (χ3v) is 2.41. The number of rotatable bonds is 5. The lowest BCUT2D eigenvalue weighted by Gasteiger charge is -2.34. The molecule has 12 heavy (non-hydrogen) atoms. The Kier molecular flexibility index (Phi) is 3.76. The largest absolute Gasteiger partial charge is 0.381 e. The zero-order valence-corrected chi connectivity index (χ0v) is 8.10. The SMILES string of the molecule is C=C(C)CCNC1CC(OC)C1. The first-order valence-corrected chi connectivity index (χ1v) is 4.63. The number of hydrogen-bond donors (Lipinski definition) is 1. The average Bonchev–Trinajstić information content (AvgIpc) is 1.93. The zero-order chi connectivity index (χ0) is 8.97. The number of ether oxygens (including phenoxy) is 1. The molecule has 70 valence electrons. The Balaban J connectivity index is 1.93. The fraction of sp³-hybridized carbons (Fsp3) is 0.800. The summed E-state index contributed by atoms with van der Waals surface area (Å²) in [5.41, 5.74) is 1.25. The Labute approximate surface area is 75.0 Å². The van der Waals surface area contributed by atoms with Crippen LogP contribution in [-0.4, -0.2) is 25.8 Å². The first-order valence-electron chi connectivity index (χ1n) is 4.63. The molecule has 1 saturated carbocycles. The van der Waals surface area contributed by atoms with Gasteiger partial charge in [0.1, 0.15) is 0 Å². The minimum absolute atomic E-state index is 0.507. The molecule has 2 nitrogen and oxygen atoms in total. The first-order chi connectivity index (χ1) is 5.72. The second-order valence-corrected chi connectivity index (χ2v) is 3.69. The molecule has 0 amide bonds. The van der Waals surface area contributed by atoms with Crippen molar-refractivity contribution in [2.45, 2.75) is 38.3 Å². The first kappa shape index (κ1) is 9.75. The van der Waals surface area contributed by atoms with Gasteiger partial charge in [0.05, 0.1) is 6.10 Å². The summed E-state index contributed by atoms with van der Waals surface area (Å²) in [4.78, 5) is 0. The molecule has 0 saturated heterocycles. The molecule has 0 radical (unpaired) electrons. The summed E-state index contributed by atoms with van der Waals surface area (Å²) in [5.74, 6) is 0. The van der Waals surface area contributed by atoms with Gasteiger partial charge >= 0.3 is 0 Å². The molecule has 0 aromatic carbocycles. The molecule has 1 aliphatic carbocycles. The molecule has 1 fully saturated rings. The Bertz CT molecular complexity index is 150. The lowest BCUT2D eigenvalue weighted by molar-refractivity contribution is 0.0177. The summed E-state index contributed by atoms with van der Waals surface area (Å²) in [6, 6.07) is 0.689. The van der Waals surface area contributed by atoms with Gasteiger partial charge in [-0.05, 0) is 32.7 Å². The standard InChI is InChI=1S/C10H19NO/c1-8(2)4-5-11-9-6-10(7-9)12-3/h9-11H,1,4-7H2,2-3H3. The minimum atomic E-state index is 0.507. The Morgan fingerprint density at radius 1 is 1.58 bits per heavy atom. The van der Waals surface area contributed by atoms with E-state index in [2.05, 4.69) is 18.8 Å². The highest BCUT2D eigenvalue weighted by Crippen LogP contribution is 2.22.